The second-order valence-corrected chi connectivity index (χ2v) is 9.23. The first kappa shape index (κ1) is 15.4. The SMILES string of the molecule is Cc1nc(C)c(C(=O)N2CC(S(=O)(=O)CC(C)C)C2)s1. The molecule has 2 rings (SSSR count). The molecule has 0 aliphatic carbocycles. The lowest BCUT2D eigenvalue weighted by atomic mass is 10.2. The van der Waals surface area contributed by atoms with Gasteiger partial charge in [-0.05, 0) is 19.8 Å². The zero-order chi connectivity index (χ0) is 15.1. The third-order valence-corrected chi connectivity index (χ3v) is 6.81. The van der Waals surface area contributed by atoms with E-state index in [-0.39, 0.29) is 17.6 Å². The first-order valence-electron chi connectivity index (χ1n) is 6.65. The van der Waals surface area contributed by atoms with E-state index in [0.29, 0.717) is 18.0 Å². The van der Waals surface area contributed by atoms with Crippen LogP contribution >= 0.6 is 11.3 Å². The highest BCUT2D eigenvalue weighted by atomic mass is 32.2. The largest absolute Gasteiger partial charge is 0.335 e. The number of sulfone groups is 1. The second kappa shape index (κ2) is 5.44. The Morgan fingerprint density at radius 3 is 2.45 bits per heavy atom. The van der Waals surface area contributed by atoms with Crippen LogP contribution in [0.1, 0.15) is 34.2 Å². The molecule has 0 spiro atoms. The molecule has 0 aromatic carbocycles. The van der Waals surface area contributed by atoms with Crippen LogP contribution < -0.4 is 0 Å². The van der Waals surface area contributed by atoms with Gasteiger partial charge in [0.15, 0.2) is 9.84 Å². The minimum absolute atomic E-state index is 0.0934. The molecule has 1 saturated heterocycles. The summed E-state index contributed by atoms with van der Waals surface area (Å²) >= 11 is 1.37. The maximum Gasteiger partial charge on any atom is 0.265 e. The number of aromatic nitrogens is 1. The molecule has 1 aromatic rings. The van der Waals surface area contributed by atoms with Gasteiger partial charge >= 0.3 is 0 Å². The Morgan fingerprint density at radius 2 is 2.00 bits per heavy atom. The third kappa shape index (κ3) is 3.03. The highest BCUT2D eigenvalue weighted by Gasteiger charge is 2.40. The molecule has 0 bridgehead atoms. The molecular formula is C13H20N2O3S2. The molecule has 112 valence electrons. The summed E-state index contributed by atoms with van der Waals surface area (Å²) in [4.78, 5) is 18.7. The third-order valence-electron chi connectivity index (χ3n) is 3.31. The lowest BCUT2D eigenvalue weighted by molar-refractivity contribution is 0.0663. The number of likely N-dealkylation sites (tertiary alicyclic amines) is 1. The minimum atomic E-state index is -3.08. The van der Waals surface area contributed by atoms with Crippen LogP contribution in [0.5, 0.6) is 0 Å². The second-order valence-electron chi connectivity index (χ2n) is 5.70. The predicted octanol–water partition coefficient (Wildman–Crippen LogP) is 1.66. The van der Waals surface area contributed by atoms with Crippen LogP contribution in [0.25, 0.3) is 0 Å². The van der Waals surface area contributed by atoms with Crippen molar-refractivity contribution < 1.29 is 13.2 Å². The van der Waals surface area contributed by atoms with Crippen LogP contribution in [0.2, 0.25) is 0 Å². The maximum atomic E-state index is 12.3. The summed E-state index contributed by atoms with van der Waals surface area (Å²) in [5.74, 6) is 0.221. The Balaban J connectivity index is 2.00. The van der Waals surface area contributed by atoms with Gasteiger partial charge in [0, 0.05) is 13.1 Å². The average molecular weight is 316 g/mol. The summed E-state index contributed by atoms with van der Waals surface area (Å²) in [7, 11) is -3.08. The molecule has 1 aliphatic heterocycles. The monoisotopic (exact) mass is 316 g/mol. The number of rotatable bonds is 4. The number of thiazole rings is 1. The molecular weight excluding hydrogens is 296 g/mol. The van der Waals surface area contributed by atoms with Crippen molar-refractivity contribution in [3.63, 3.8) is 0 Å². The van der Waals surface area contributed by atoms with Gasteiger partial charge in [-0.3, -0.25) is 4.79 Å². The average Bonchev–Trinajstić information content (AvgIpc) is 2.52. The molecule has 5 nitrogen and oxygen atoms in total. The molecule has 0 atom stereocenters. The number of carbonyl (C=O) groups excluding carboxylic acids is 1. The lowest BCUT2D eigenvalue weighted by Crippen LogP contribution is -2.57. The summed E-state index contributed by atoms with van der Waals surface area (Å²) in [6.45, 7) is 8.07. The predicted molar refractivity (Wildman–Crippen MR) is 79.9 cm³/mol. The summed E-state index contributed by atoms with van der Waals surface area (Å²) in [6.07, 6.45) is 0. The van der Waals surface area contributed by atoms with E-state index in [0.717, 1.165) is 10.7 Å². The van der Waals surface area contributed by atoms with Crippen molar-refractivity contribution >= 4 is 27.1 Å². The fourth-order valence-corrected chi connectivity index (χ4v) is 5.21. The molecule has 0 N–H and O–H groups in total. The van der Waals surface area contributed by atoms with E-state index in [2.05, 4.69) is 4.98 Å². The first-order chi connectivity index (χ1) is 9.20. The Hall–Kier alpha value is -0.950. The topological polar surface area (TPSA) is 67.3 Å². The normalized spacial score (nSPS) is 16.6. The van der Waals surface area contributed by atoms with Crippen LogP contribution in [0.3, 0.4) is 0 Å². The van der Waals surface area contributed by atoms with Crippen LogP contribution in [-0.2, 0) is 9.84 Å². The first-order valence-corrected chi connectivity index (χ1v) is 9.18. The Labute approximate surface area is 123 Å². The number of amides is 1. The van der Waals surface area contributed by atoms with Gasteiger partial charge in [0.2, 0.25) is 0 Å². The summed E-state index contributed by atoms with van der Waals surface area (Å²) in [5.41, 5.74) is 0.728. The van der Waals surface area contributed by atoms with E-state index in [9.17, 15) is 13.2 Å². The lowest BCUT2D eigenvalue weighted by Gasteiger charge is -2.38. The van der Waals surface area contributed by atoms with Gasteiger partial charge in [-0.1, -0.05) is 13.8 Å². The van der Waals surface area contributed by atoms with Crippen molar-refractivity contribution in [2.24, 2.45) is 5.92 Å². The van der Waals surface area contributed by atoms with Gasteiger partial charge in [0.05, 0.1) is 21.7 Å². The fraction of sp³-hybridized carbons (Fsp3) is 0.692. The zero-order valence-electron chi connectivity index (χ0n) is 12.2. The summed E-state index contributed by atoms with van der Waals surface area (Å²) in [6, 6.07) is 0. The fourth-order valence-electron chi connectivity index (χ4n) is 2.31. The number of carbonyl (C=O) groups is 1. The van der Waals surface area contributed by atoms with E-state index >= 15 is 0 Å². The molecule has 20 heavy (non-hydrogen) atoms. The highest BCUT2D eigenvalue weighted by Crippen LogP contribution is 2.25. The van der Waals surface area contributed by atoms with Crippen molar-refractivity contribution in [1.29, 1.82) is 0 Å². The zero-order valence-corrected chi connectivity index (χ0v) is 13.8. The number of aryl methyl sites for hydroxylation is 2. The molecule has 0 saturated carbocycles. The van der Waals surface area contributed by atoms with E-state index in [1.165, 1.54) is 11.3 Å². The standard InChI is InChI=1S/C13H20N2O3S2/c1-8(2)7-20(17,18)11-5-15(6-11)13(16)12-9(3)14-10(4)19-12/h8,11H,5-7H2,1-4H3. The molecule has 1 aromatic heterocycles. The number of hydrogen-bond donors (Lipinski definition) is 0. The van der Waals surface area contributed by atoms with E-state index < -0.39 is 15.1 Å². The van der Waals surface area contributed by atoms with Gasteiger partial charge in [0.1, 0.15) is 4.88 Å². The van der Waals surface area contributed by atoms with Crippen LogP contribution in [0.4, 0.5) is 0 Å². The number of nitrogens with zero attached hydrogens (tertiary/aromatic N) is 2. The Bertz CT molecular complexity index is 614. The molecule has 2 heterocycles. The van der Waals surface area contributed by atoms with Gasteiger partial charge < -0.3 is 4.90 Å². The molecule has 7 heteroatoms. The van der Waals surface area contributed by atoms with Crippen LogP contribution in [0, 0.1) is 19.8 Å². The molecule has 0 radical (unpaired) electrons. The van der Waals surface area contributed by atoms with Crippen molar-refractivity contribution in [3.8, 4) is 0 Å². The van der Waals surface area contributed by atoms with Gasteiger partial charge in [-0.15, -0.1) is 11.3 Å². The van der Waals surface area contributed by atoms with Gasteiger partial charge in [0.25, 0.3) is 5.91 Å². The summed E-state index contributed by atoms with van der Waals surface area (Å²) < 4.78 is 24.1. The van der Waals surface area contributed by atoms with E-state index in [1.807, 2.05) is 27.7 Å². The minimum Gasteiger partial charge on any atom is -0.335 e. The van der Waals surface area contributed by atoms with Crippen LogP contribution in [0.15, 0.2) is 0 Å². The quantitative estimate of drug-likeness (QED) is 0.847. The van der Waals surface area contributed by atoms with Crippen LogP contribution in [-0.4, -0.2) is 48.3 Å². The van der Waals surface area contributed by atoms with Gasteiger partial charge in [-0.2, -0.15) is 0 Å². The van der Waals surface area contributed by atoms with Gasteiger partial charge in [-0.25, -0.2) is 13.4 Å². The maximum absolute atomic E-state index is 12.3. The molecule has 0 unspecified atom stereocenters. The van der Waals surface area contributed by atoms with Crippen molar-refractivity contribution in [3.05, 3.63) is 15.6 Å². The van der Waals surface area contributed by atoms with Crippen molar-refractivity contribution in [1.82, 2.24) is 9.88 Å². The number of hydrogen-bond acceptors (Lipinski definition) is 5. The van der Waals surface area contributed by atoms with Crippen molar-refractivity contribution in [2.75, 3.05) is 18.8 Å². The Kier molecular flexibility index (Phi) is 4.20. The molecule has 1 aliphatic rings. The molecule has 1 fully saturated rings. The highest BCUT2D eigenvalue weighted by molar-refractivity contribution is 7.92. The van der Waals surface area contributed by atoms with E-state index in [1.54, 1.807) is 4.90 Å². The van der Waals surface area contributed by atoms with Crippen molar-refractivity contribution in [2.45, 2.75) is 32.9 Å². The van der Waals surface area contributed by atoms with E-state index in [4.69, 9.17) is 0 Å². The summed E-state index contributed by atoms with van der Waals surface area (Å²) in [5, 5.41) is 0.457. The Morgan fingerprint density at radius 1 is 1.40 bits per heavy atom. The smallest absolute Gasteiger partial charge is 0.265 e. The molecule has 1 amide bonds.